The topological polar surface area (TPSA) is 92.5 Å². The summed E-state index contributed by atoms with van der Waals surface area (Å²) in [5, 5.41) is 14.8. The fraction of sp³-hybridized carbons (Fsp3) is 0.500. The molecule has 3 rings (SSSR count). The van der Waals surface area contributed by atoms with Crippen LogP contribution in [0.15, 0.2) is 29.1 Å². The Morgan fingerprint density at radius 3 is 2.56 bits per heavy atom. The molecule has 1 aliphatic rings. The molecule has 1 N–H and O–H groups in total. The minimum absolute atomic E-state index is 0.199. The number of rotatable bonds is 4. The Balaban J connectivity index is 2.10. The molecule has 7 heteroatoms. The normalized spacial score (nSPS) is 20.2. The molecule has 1 amide bonds. The van der Waals surface area contributed by atoms with Crippen LogP contribution in [0.1, 0.15) is 44.1 Å². The summed E-state index contributed by atoms with van der Waals surface area (Å²) in [6.45, 7) is 6.63. The Bertz CT molecular complexity index is 934. The van der Waals surface area contributed by atoms with Gasteiger partial charge in [-0.25, -0.2) is 4.68 Å². The number of piperidine rings is 1. The number of hydrogen-bond donors (Lipinski definition) is 1. The zero-order chi connectivity index (χ0) is 19.7. The van der Waals surface area contributed by atoms with E-state index in [1.807, 2.05) is 13.8 Å². The van der Waals surface area contributed by atoms with Gasteiger partial charge in [-0.2, -0.15) is 5.10 Å². The van der Waals surface area contributed by atoms with E-state index in [1.54, 1.807) is 36.1 Å². The fourth-order valence-electron chi connectivity index (χ4n) is 3.76. The van der Waals surface area contributed by atoms with Crippen molar-refractivity contribution in [1.82, 2.24) is 14.7 Å². The third-order valence-electron chi connectivity index (χ3n) is 5.17. The van der Waals surface area contributed by atoms with Crippen LogP contribution >= 0.6 is 0 Å². The van der Waals surface area contributed by atoms with Gasteiger partial charge in [0.25, 0.3) is 11.5 Å². The number of carbonyl (C=O) groups excluding carboxylic acids is 1. The van der Waals surface area contributed by atoms with Crippen LogP contribution in [0.4, 0.5) is 0 Å². The average molecular weight is 371 g/mol. The Labute approximate surface area is 157 Å². The summed E-state index contributed by atoms with van der Waals surface area (Å²) in [6.07, 6.45) is 1.19. The zero-order valence-corrected chi connectivity index (χ0v) is 15.9. The standard InChI is InChI=1S/C20H25N3O4/c1-12(2)11-23-18(24)16-8-5-4-7-15(16)17(21-23)19(25)22-10-6-9-14(13(22)3)20(26)27/h4-5,7-8,12-14H,6,9-11H2,1-3H3,(H,26,27)/t13-,14-/m0/s1. The molecule has 27 heavy (non-hydrogen) atoms. The van der Waals surface area contributed by atoms with Crippen molar-refractivity contribution in [2.24, 2.45) is 11.8 Å². The van der Waals surface area contributed by atoms with Gasteiger partial charge in [0.05, 0.1) is 11.3 Å². The number of likely N-dealkylation sites (tertiary alicyclic amines) is 1. The molecule has 0 unspecified atom stereocenters. The minimum Gasteiger partial charge on any atom is -0.481 e. The first-order valence-corrected chi connectivity index (χ1v) is 9.35. The van der Waals surface area contributed by atoms with Gasteiger partial charge in [0.1, 0.15) is 0 Å². The van der Waals surface area contributed by atoms with Crippen LogP contribution in [-0.2, 0) is 11.3 Å². The van der Waals surface area contributed by atoms with E-state index in [4.69, 9.17) is 0 Å². The van der Waals surface area contributed by atoms with Gasteiger partial charge in [-0.3, -0.25) is 14.4 Å². The van der Waals surface area contributed by atoms with Gasteiger partial charge >= 0.3 is 5.97 Å². The van der Waals surface area contributed by atoms with Crippen molar-refractivity contribution in [2.45, 2.75) is 46.2 Å². The Hall–Kier alpha value is -2.70. The van der Waals surface area contributed by atoms with E-state index in [-0.39, 0.29) is 23.1 Å². The molecule has 0 aliphatic carbocycles. The quantitative estimate of drug-likeness (QED) is 0.891. The number of hydrogen-bond acceptors (Lipinski definition) is 4. The number of carboxylic acid groups (broad SMARTS) is 1. The zero-order valence-electron chi connectivity index (χ0n) is 15.9. The monoisotopic (exact) mass is 371 g/mol. The molecular weight excluding hydrogens is 346 g/mol. The molecule has 1 saturated heterocycles. The van der Waals surface area contributed by atoms with Gasteiger partial charge in [0.15, 0.2) is 5.69 Å². The highest BCUT2D eigenvalue weighted by Gasteiger charge is 2.36. The molecular formula is C20H25N3O4. The van der Waals surface area contributed by atoms with Gasteiger partial charge in [-0.1, -0.05) is 32.0 Å². The number of carboxylic acids is 1. The second-order valence-electron chi connectivity index (χ2n) is 7.60. The van der Waals surface area contributed by atoms with Crippen molar-refractivity contribution in [1.29, 1.82) is 0 Å². The van der Waals surface area contributed by atoms with E-state index in [0.717, 1.165) is 0 Å². The van der Waals surface area contributed by atoms with Crippen molar-refractivity contribution >= 4 is 22.6 Å². The molecule has 2 atom stereocenters. The summed E-state index contributed by atoms with van der Waals surface area (Å²) in [4.78, 5) is 39.1. The van der Waals surface area contributed by atoms with Gasteiger partial charge in [-0.05, 0) is 31.7 Å². The van der Waals surface area contributed by atoms with Crippen LogP contribution in [0, 0.1) is 11.8 Å². The highest BCUT2D eigenvalue weighted by molar-refractivity contribution is 6.05. The van der Waals surface area contributed by atoms with Crippen LogP contribution < -0.4 is 5.56 Å². The van der Waals surface area contributed by atoms with Crippen LogP contribution in [0.2, 0.25) is 0 Å². The lowest BCUT2D eigenvalue weighted by Crippen LogP contribution is -2.49. The number of nitrogens with zero attached hydrogens (tertiary/aromatic N) is 3. The summed E-state index contributed by atoms with van der Waals surface area (Å²) in [6, 6.07) is 6.54. The third kappa shape index (κ3) is 3.59. The van der Waals surface area contributed by atoms with Crippen molar-refractivity contribution in [3.63, 3.8) is 0 Å². The number of benzene rings is 1. The van der Waals surface area contributed by atoms with Crippen molar-refractivity contribution in [3.05, 3.63) is 40.3 Å². The van der Waals surface area contributed by atoms with Crippen LogP contribution in [-0.4, -0.2) is 44.3 Å². The first kappa shape index (κ1) is 19.1. The first-order chi connectivity index (χ1) is 12.8. The lowest BCUT2D eigenvalue weighted by Gasteiger charge is -2.37. The molecule has 1 fully saturated rings. The third-order valence-corrected chi connectivity index (χ3v) is 5.17. The molecule has 0 spiro atoms. The Morgan fingerprint density at radius 1 is 1.26 bits per heavy atom. The minimum atomic E-state index is -0.886. The van der Waals surface area contributed by atoms with E-state index in [9.17, 15) is 19.5 Å². The van der Waals surface area contributed by atoms with Gasteiger partial charge < -0.3 is 10.0 Å². The Morgan fingerprint density at radius 2 is 1.93 bits per heavy atom. The highest BCUT2D eigenvalue weighted by Crippen LogP contribution is 2.26. The fourth-order valence-corrected chi connectivity index (χ4v) is 3.76. The largest absolute Gasteiger partial charge is 0.481 e. The van der Waals surface area contributed by atoms with Crippen molar-refractivity contribution in [2.75, 3.05) is 6.54 Å². The molecule has 144 valence electrons. The molecule has 0 bridgehead atoms. The molecule has 1 aromatic heterocycles. The van der Waals surface area contributed by atoms with Gasteiger partial charge in [0, 0.05) is 24.5 Å². The van der Waals surface area contributed by atoms with Crippen molar-refractivity contribution in [3.8, 4) is 0 Å². The van der Waals surface area contributed by atoms with Crippen LogP contribution in [0.5, 0.6) is 0 Å². The lowest BCUT2D eigenvalue weighted by molar-refractivity contribution is -0.144. The summed E-state index contributed by atoms with van der Waals surface area (Å²) in [7, 11) is 0. The summed E-state index contributed by atoms with van der Waals surface area (Å²) >= 11 is 0. The number of aromatic nitrogens is 2. The molecule has 7 nitrogen and oxygen atoms in total. The average Bonchev–Trinajstić information content (AvgIpc) is 2.63. The SMILES string of the molecule is CC(C)Cn1nc(C(=O)N2CCC[C@H](C(=O)O)[C@@H]2C)c2ccccc2c1=O. The molecule has 1 aliphatic heterocycles. The van der Waals surface area contributed by atoms with E-state index in [1.165, 1.54) is 4.68 Å². The molecule has 0 saturated carbocycles. The van der Waals surface area contributed by atoms with Crippen LogP contribution in [0.25, 0.3) is 10.8 Å². The molecule has 2 heterocycles. The second-order valence-corrected chi connectivity index (χ2v) is 7.60. The van der Waals surface area contributed by atoms with E-state index in [0.29, 0.717) is 36.7 Å². The smallest absolute Gasteiger partial charge is 0.308 e. The molecule has 1 aromatic carbocycles. The number of carbonyl (C=O) groups is 2. The number of aliphatic carboxylic acids is 1. The maximum absolute atomic E-state index is 13.3. The van der Waals surface area contributed by atoms with Crippen molar-refractivity contribution < 1.29 is 14.7 Å². The Kier molecular flexibility index (Phi) is 5.30. The predicted molar refractivity (Wildman–Crippen MR) is 102 cm³/mol. The molecule has 0 radical (unpaired) electrons. The van der Waals surface area contributed by atoms with E-state index in [2.05, 4.69) is 5.10 Å². The summed E-state index contributed by atoms with van der Waals surface area (Å²) < 4.78 is 1.35. The maximum atomic E-state index is 13.3. The highest BCUT2D eigenvalue weighted by atomic mass is 16.4. The number of amides is 1. The molecule has 2 aromatic rings. The number of fused-ring (bicyclic) bond motifs is 1. The first-order valence-electron chi connectivity index (χ1n) is 9.35. The second kappa shape index (κ2) is 7.50. The van der Waals surface area contributed by atoms with E-state index >= 15 is 0 Å². The van der Waals surface area contributed by atoms with E-state index < -0.39 is 17.9 Å². The summed E-state index contributed by atoms with van der Waals surface area (Å²) in [5.74, 6) is -1.59. The van der Waals surface area contributed by atoms with Gasteiger partial charge in [-0.15, -0.1) is 0 Å². The maximum Gasteiger partial charge on any atom is 0.308 e. The predicted octanol–water partition coefficient (Wildman–Crippen LogP) is 2.38. The van der Waals surface area contributed by atoms with Crippen LogP contribution in [0.3, 0.4) is 0 Å². The van der Waals surface area contributed by atoms with Gasteiger partial charge in [0.2, 0.25) is 0 Å². The summed E-state index contributed by atoms with van der Waals surface area (Å²) in [5.41, 5.74) is -0.00491. The lowest BCUT2D eigenvalue weighted by atomic mass is 9.90.